The molecule has 3 N–H and O–H groups in total. The first-order valence-electron chi connectivity index (χ1n) is 8.61. The molecule has 2 aromatic rings. The first-order chi connectivity index (χ1) is 13.7. The maximum Gasteiger partial charge on any atom is 0.243 e. The SMILES string of the molecule is CN=C(NCC(=O)Nc1ccc(F)cc1)NCc1cc(F)ccc1CS(C)(=O)=O. The largest absolute Gasteiger partial charge is 0.352 e. The monoisotopic (exact) mass is 424 g/mol. The highest BCUT2D eigenvalue weighted by Gasteiger charge is 2.11. The highest BCUT2D eigenvalue weighted by molar-refractivity contribution is 7.89. The number of hydrogen-bond donors (Lipinski definition) is 3. The van der Waals surface area contributed by atoms with Crippen LogP contribution in [0.15, 0.2) is 47.5 Å². The molecule has 0 aliphatic carbocycles. The Morgan fingerprint density at radius 2 is 1.66 bits per heavy atom. The number of nitrogens with zero attached hydrogens (tertiary/aromatic N) is 1. The first kappa shape index (κ1) is 22.3. The molecule has 2 aromatic carbocycles. The summed E-state index contributed by atoms with van der Waals surface area (Å²) in [4.78, 5) is 16.0. The summed E-state index contributed by atoms with van der Waals surface area (Å²) in [5.41, 5.74) is 1.39. The molecule has 0 fully saturated rings. The molecule has 156 valence electrons. The number of hydrogen-bond acceptors (Lipinski definition) is 4. The minimum absolute atomic E-state index is 0.113. The van der Waals surface area contributed by atoms with E-state index in [0.29, 0.717) is 16.8 Å². The van der Waals surface area contributed by atoms with Crippen LogP contribution in [0.3, 0.4) is 0 Å². The number of nitrogens with one attached hydrogen (secondary N) is 3. The van der Waals surface area contributed by atoms with Crippen molar-refractivity contribution < 1.29 is 22.0 Å². The number of sulfone groups is 1. The Hall–Kier alpha value is -3.01. The summed E-state index contributed by atoms with van der Waals surface area (Å²) in [6.45, 7) is -0.00172. The molecule has 0 saturated carbocycles. The van der Waals surface area contributed by atoms with Crippen LogP contribution in [0.1, 0.15) is 11.1 Å². The van der Waals surface area contributed by atoms with Crippen LogP contribution in [-0.2, 0) is 26.9 Å². The van der Waals surface area contributed by atoms with Gasteiger partial charge in [0.15, 0.2) is 15.8 Å². The van der Waals surface area contributed by atoms with Gasteiger partial charge < -0.3 is 16.0 Å². The molecule has 0 bridgehead atoms. The quantitative estimate of drug-likeness (QED) is 0.465. The van der Waals surface area contributed by atoms with E-state index >= 15 is 0 Å². The molecular weight excluding hydrogens is 402 g/mol. The Morgan fingerprint density at radius 1 is 1.00 bits per heavy atom. The molecule has 1 amide bonds. The van der Waals surface area contributed by atoms with Crippen LogP contribution in [0.2, 0.25) is 0 Å². The summed E-state index contributed by atoms with van der Waals surface area (Å²) < 4.78 is 49.6. The summed E-state index contributed by atoms with van der Waals surface area (Å²) in [5.74, 6) is -1.20. The number of rotatable bonds is 7. The summed E-state index contributed by atoms with van der Waals surface area (Å²) in [7, 11) is -1.79. The lowest BCUT2D eigenvalue weighted by molar-refractivity contribution is -0.115. The predicted molar refractivity (Wildman–Crippen MR) is 108 cm³/mol. The summed E-state index contributed by atoms with van der Waals surface area (Å²) in [6, 6.07) is 9.23. The Morgan fingerprint density at radius 3 is 2.28 bits per heavy atom. The lowest BCUT2D eigenvalue weighted by Gasteiger charge is -2.14. The van der Waals surface area contributed by atoms with Gasteiger partial charge in [0.25, 0.3) is 0 Å². The summed E-state index contributed by atoms with van der Waals surface area (Å²) in [6.07, 6.45) is 1.10. The second-order valence-corrected chi connectivity index (χ2v) is 8.46. The maximum atomic E-state index is 13.6. The third-order valence-corrected chi connectivity index (χ3v) is 4.64. The van der Waals surface area contributed by atoms with Gasteiger partial charge in [-0.05, 0) is 47.5 Å². The van der Waals surface area contributed by atoms with Gasteiger partial charge in [0.1, 0.15) is 11.6 Å². The lowest BCUT2D eigenvalue weighted by Crippen LogP contribution is -2.41. The number of amides is 1. The number of anilines is 1. The number of aliphatic imine (C=N–C) groups is 1. The van der Waals surface area contributed by atoms with Gasteiger partial charge >= 0.3 is 0 Å². The van der Waals surface area contributed by atoms with Crippen molar-refractivity contribution in [1.29, 1.82) is 0 Å². The van der Waals surface area contributed by atoms with Crippen LogP contribution in [0.4, 0.5) is 14.5 Å². The molecule has 0 heterocycles. The van der Waals surface area contributed by atoms with Crippen molar-refractivity contribution in [2.24, 2.45) is 4.99 Å². The number of benzene rings is 2. The minimum atomic E-state index is -3.28. The molecule has 0 aliphatic heterocycles. The second kappa shape index (κ2) is 9.97. The van der Waals surface area contributed by atoms with Gasteiger partial charge in [0.05, 0.1) is 12.3 Å². The first-order valence-corrected chi connectivity index (χ1v) is 10.7. The topological polar surface area (TPSA) is 99.7 Å². The molecule has 0 aromatic heterocycles. The average molecular weight is 424 g/mol. The van der Waals surface area contributed by atoms with Gasteiger partial charge in [-0.15, -0.1) is 0 Å². The molecular formula is C19H22F2N4O3S. The van der Waals surface area contributed by atoms with Gasteiger partial charge in [-0.25, -0.2) is 17.2 Å². The van der Waals surface area contributed by atoms with Crippen molar-refractivity contribution in [1.82, 2.24) is 10.6 Å². The van der Waals surface area contributed by atoms with Crippen molar-refractivity contribution >= 4 is 27.4 Å². The van der Waals surface area contributed by atoms with Crippen molar-refractivity contribution in [2.75, 3.05) is 25.2 Å². The smallest absolute Gasteiger partial charge is 0.243 e. The van der Waals surface area contributed by atoms with Crippen molar-refractivity contribution in [2.45, 2.75) is 12.3 Å². The van der Waals surface area contributed by atoms with Crippen LogP contribution >= 0.6 is 0 Å². The maximum absolute atomic E-state index is 13.6. The number of carbonyl (C=O) groups excluding carboxylic acids is 1. The highest BCUT2D eigenvalue weighted by atomic mass is 32.2. The number of halogens is 2. The van der Waals surface area contributed by atoms with E-state index in [1.165, 1.54) is 49.5 Å². The average Bonchev–Trinajstić information content (AvgIpc) is 2.64. The van der Waals surface area contributed by atoms with Gasteiger partial charge in [-0.3, -0.25) is 9.79 Å². The van der Waals surface area contributed by atoms with Crippen LogP contribution < -0.4 is 16.0 Å². The van der Waals surface area contributed by atoms with Crippen LogP contribution in [0.5, 0.6) is 0 Å². The molecule has 0 atom stereocenters. The van der Waals surface area contributed by atoms with Gasteiger partial charge in [0.2, 0.25) is 5.91 Å². The van der Waals surface area contributed by atoms with Crippen LogP contribution in [0, 0.1) is 11.6 Å². The van der Waals surface area contributed by atoms with E-state index < -0.39 is 21.5 Å². The minimum Gasteiger partial charge on any atom is -0.352 e. The fourth-order valence-electron chi connectivity index (χ4n) is 2.48. The van der Waals surface area contributed by atoms with E-state index in [2.05, 4.69) is 20.9 Å². The Balaban J connectivity index is 1.93. The molecule has 0 radical (unpaired) electrons. The van der Waals surface area contributed by atoms with Gasteiger partial charge in [-0.2, -0.15) is 0 Å². The molecule has 0 unspecified atom stereocenters. The number of carbonyl (C=O) groups is 1. The molecule has 7 nitrogen and oxygen atoms in total. The zero-order valence-corrected chi connectivity index (χ0v) is 16.8. The fraction of sp³-hybridized carbons (Fsp3) is 0.263. The van der Waals surface area contributed by atoms with Crippen LogP contribution in [-0.4, -0.2) is 40.1 Å². The molecule has 0 spiro atoms. The third-order valence-electron chi connectivity index (χ3n) is 3.80. The normalized spacial score (nSPS) is 11.8. The molecule has 10 heteroatoms. The van der Waals surface area contributed by atoms with E-state index in [9.17, 15) is 22.0 Å². The Labute approximate surface area is 168 Å². The van der Waals surface area contributed by atoms with E-state index in [-0.39, 0.29) is 30.7 Å². The number of guanidine groups is 1. The molecule has 0 aliphatic rings. The third kappa shape index (κ3) is 7.86. The molecule has 29 heavy (non-hydrogen) atoms. The predicted octanol–water partition coefficient (Wildman–Crippen LogP) is 1.81. The van der Waals surface area contributed by atoms with Crippen molar-refractivity contribution in [3.8, 4) is 0 Å². The molecule has 2 rings (SSSR count). The lowest BCUT2D eigenvalue weighted by atomic mass is 10.1. The highest BCUT2D eigenvalue weighted by Crippen LogP contribution is 2.14. The van der Waals surface area contributed by atoms with E-state index in [1.807, 2.05) is 0 Å². The fourth-order valence-corrected chi connectivity index (χ4v) is 3.33. The zero-order chi connectivity index (χ0) is 21.4. The van der Waals surface area contributed by atoms with E-state index in [0.717, 1.165) is 6.26 Å². The Bertz CT molecular complexity index is 993. The van der Waals surface area contributed by atoms with Gasteiger partial charge in [-0.1, -0.05) is 6.07 Å². The van der Waals surface area contributed by atoms with Crippen LogP contribution in [0.25, 0.3) is 0 Å². The van der Waals surface area contributed by atoms with Gasteiger partial charge in [0, 0.05) is 25.5 Å². The van der Waals surface area contributed by atoms with Crippen molar-refractivity contribution in [3.05, 3.63) is 65.2 Å². The van der Waals surface area contributed by atoms with E-state index in [4.69, 9.17) is 0 Å². The summed E-state index contributed by atoms with van der Waals surface area (Å²) >= 11 is 0. The zero-order valence-electron chi connectivity index (χ0n) is 16.0. The Kier molecular flexibility index (Phi) is 7.66. The molecule has 0 saturated heterocycles. The van der Waals surface area contributed by atoms with E-state index in [1.54, 1.807) is 0 Å². The second-order valence-electron chi connectivity index (χ2n) is 6.32. The summed E-state index contributed by atoms with van der Waals surface area (Å²) in [5, 5.41) is 8.31. The van der Waals surface area contributed by atoms with Crippen molar-refractivity contribution in [3.63, 3.8) is 0 Å². The standard InChI is InChI=1S/C19H22F2N4O3S/c1-22-19(24-11-18(26)25-17-7-5-15(20)6-8-17)23-10-14-9-16(21)4-3-13(14)12-29(2,27)28/h3-9H,10-12H2,1-2H3,(H,25,26)(H2,22,23,24).